The van der Waals surface area contributed by atoms with Crippen molar-refractivity contribution < 1.29 is 13.2 Å². The topological polar surface area (TPSA) is 78.9 Å². The molecule has 0 N–H and O–H groups in total. The lowest BCUT2D eigenvalue weighted by Gasteiger charge is -2.43. The molecule has 1 aromatic rings. The highest BCUT2D eigenvalue weighted by Gasteiger charge is 2.46. The summed E-state index contributed by atoms with van der Waals surface area (Å²) in [5, 5.41) is 0. The quantitative estimate of drug-likeness (QED) is 0.662. The van der Waals surface area contributed by atoms with Gasteiger partial charge < -0.3 is 9.64 Å². The highest BCUT2D eigenvalue weighted by molar-refractivity contribution is 7.91. The summed E-state index contributed by atoms with van der Waals surface area (Å²) in [6, 6.07) is 0.0833. The minimum absolute atomic E-state index is 0.0316. The van der Waals surface area contributed by atoms with Crippen molar-refractivity contribution in [2.75, 3.05) is 63.9 Å². The second kappa shape index (κ2) is 7.53. The molecule has 0 unspecified atom stereocenters. The third-order valence-corrected chi connectivity index (χ3v) is 6.66. The Morgan fingerprint density at radius 2 is 1.76 bits per heavy atom. The molecule has 0 bridgehead atoms. The van der Waals surface area contributed by atoms with E-state index in [1.165, 1.54) is 0 Å². The molecule has 1 aromatic heterocycles. The van der Waals surface area contributed by atoms with Crippen molar-refractivity contribution in [2.24, 2.45) is 0 Å². The normalized spacial score (nSPS) is 26.5. The van der Waals surface area contributed by atoms with Crippen LogP contribution in [0, 0.1) is 0 Å². The second-order valence-corrected chi connectivity index (χ2v) is 9.15. The molecule has 2 atom stereocenters. The highest BCUT2D eigenvalue weighted by atomic mass is 32.2. The third kappa shape index (κ3) is 4.28. The minimum atomic E-state index is -2.99. The summed E-state index contributed by atoms with van der Waals surface area (Å²) in [5.41, 5.74) is 1.01. The summed E-state index contributed by atoms with van der Waals surface area (Å²) in [4.78, 5) is 15.1. The number of aromatic nitrogens is 2. The van der Waals surface area contributed by atoms with E-state index in [2.05, 4.69) is 19.8 Å². The maximum Gasteiger partial charge on any atom is 0.224 e. The van der Waals surface area contributed by atoms with Crippen LogP contribution in [0.4, 0.5) is 5.95 Å². The van der Waals surface area contributed by atoms with Gasteiger partial charge in [-0.05, 0) is 0 Å². The van der Waals surface area contributed by atoms with Crippen molar-refractivity contribution in [1.82, 2.24) is 19.8 Å². The van der Waals surface area contributed by atoms with Crippen LogP contribution in [0.25, 0.3) is 0 Å². The maximum atomic E-state index is 12.2. The fraction of sp³-hybridized carbons (Fsp3) is 0.750. The van der Waals surface area contributed by atoms with Gasteiger partial charge >= 0.3 is 0 Å². The zero-order valence-corrected chi connectivity index (χ0v) is 15.9. The number of fused-ring (bicyclic) bond motifs is 1. The van der Waals surface area contributed by atoms with Crippen molar-refractivity contribution in [3.05, 3.63) is 18.0 Å². The molecule has 2 aliphatic heterocycles. The molecular formula is C16H27N5O3S. The van der Waals surface area contributed by atoms with Crippen LogP contribution >= 0.6 is 0 Å². The maximum absolute atomic E-state index is 12.2. The van der Waals surface area contributed by atoms with E-state index >= 15 is 0 Å². The molecular weight excluding hydrogens is 342 g/mol. The van der Waals surface area contributed by atoms with Crippen molar-refractivity contribution in [3.63, 3.8) is 0 Å². The van der Waals surface area contributed by atoms with E-state index in [-0.39, 0.29) is 23.6 Å². The molecule has 140 valence electrons. The van der Waals surface area contributed by atoms with Crippen LogP contribution in [0.3, 0.4) is 0 Å². The highest BCUT2D eigenvalue weighted by Crippen LogP contribution is 2.28. The average Bonchev–Trinajstić information content (AvgIpc) is 2.90. The second-order valence-electron chi connectivity index (χ2n) is 7.00. The van der Waals surface area contributed by atoms with Gasteiger partial charge in [0, 0.05) is 77.4 Å². The minimum Gasteiger partial charge on any atom is -0.383 e. The fourth-order valence-corrected chi connectivity index (χ4v) is 5.72. The number of hydrogen-bond acceptors (Lipinski definition) is 8. The lowest BCUT2D eigenvalue weighted by Crippen LogP contribution is -2.59. The molecule has 0 spiro atoms. The van der Waals surface area contributed by atoms with Gasteiger partial charge in [0.1, 0.15) is 0 Å². The first-order valence-corrected chi connectivity index (χ1v) is 10.4. The number of sulfone groups is 1. The zero-order valence-electron chi connectivity index (χ0n) is 15.1. The van der Waals surface area contributed by atoms with E-state index in [1.807, 2.05) is 31.4 Å². The van der Waals surface area contributed by atoms with Gasteiger partial charge in [0.25, 0.3) is 0 Å². The summed E-state index contributed by atoms with van der Waals surface area (Å²) in [6.07, 6.45) is 3.66. The van der Waals surface area contributed by atoms with Crippen molar-refractivity contribution in [2.45, 2.75) is 18.6 Å². The number of methoxy groups -OCH3 is 1. The Morgan fingerprint density at radius 1 is 1.16 bits per heavy atom. The molecule has 3 rings (SSSR count). The molecule has 0 aromatic carbocycles. The van der Waals surface area contributed by atoms with Gasteiger partial charge in [-0.2, -0.15) is 0 Å². The number of rotatable bonds is 6. The van der Waals surface area contributed by atoms with E-state index < -0.39 is 9.84 Å². The van der Waals surface area contributed by atoms with Crippen molar-refractivity contribution >= 4 is 15.8 Å². The summed E-state index contributed by atoms with van der Waals surface area (Å²) < 4.78 is 29.6. The van der Waals surface area contributed by atoms with E-state index in [4.69, 9.17) is 4.74 Å². The molecule has 2 saturated heterocycles. The predicted octanol–water partition coefficient (Wildman–Crippen LogP) is -0.528. The number of piperazine rings is 1. The first-order valence-electron chi connectivity index (χ1n) is 8.55. The molecule has 9 heteroatoms. The predicted molar refractivity (Wildman–Crippen MR) is 96.4 cm³/mol. The molecule has 2 aliphatic rings. The molecule has 0 saturated carbocycles. The smallest absolute Gasteiger partial charge is 0.224 e. The van der Waals surface area contributed by atoms with Gasteiger partial charge in [-0.15, -0.1) is 0 Å². The Morgan fingerprint density at radius 3 is 2.36 bits per heavy atom. The Labute approximate surface area is 149 Å². The largest absolute Gasteiger partial charge is 0.383 e. The van der Waals surface area contributed by atoms with Crippen LogP contribution in [-0.4, -0.2) is 99.2 Å². The Hall–Kier alpha value is -1.29. The van der Waals surface area contributed by atoms with E-state index in [0.717, 1.165) is 25.2 Å². The van der Waals surface area contributed by atoms with E-state index in [0.29, 0.717) is 19.1 Å². The van der Waals surface area contributed by atoms with E-state index in [1.54, 1.807) is 7.11 Å². The van der Waals surface area contributed by atoms with Crippen molar-refractivity contribution in [1.29, 1.82) is 0 Å². The van der Waals surface area contributed by atoms with Crippen LogP contribution in [0.2, 0.25) is 0 Å². The van der Waals surface area contributed by atoms with Gasteiger partial charge in [-0.25, -0.2) is 18.4 Å². The SMILES string of the molecule is COCCN1CCN(Cc2cnc(N(C)C)nc2)[C@H]2CS(=O)(=O)C[C@H]21. The van der Waals surface area contributed by atoms with Gasteiger partial charge in [0.2, 0.25) is 5.95 Å². The first kappa shape index (κ1) is 18.5. The van der Waals surface area contributed by atoms with Crippen LogP contribution in [0.15, 0.2) is 12.4 Å². The average molecular weight is 369 g/mol. The molecule has 0 radical (unpaired) electrons. The molecule has 0 amide bonds. The number of anilines is 1. The molecule has 0 aliphatic carbocycles. The van der Waals surface area contributed by atoms with Crippen LogP contribution < -0.4 is 4.90 Å². The van der Waals surface area contributed by atoms with Crippen LogP contribution in [0.5, 0.6) is 0 Å². The van der Waals surface area contributed by atoms with Gasteiger partial charge in [0.15, 0.2) is 9.84 Å². The number of nitrogens with zero attached hydrogens (tertiary/aromatic N) is 5. The summed E-state index contributed by atoms with van der Waals surface area (Å²) in [6.45, 7) is 3.79. The summed E-state index contributed by atoms with van der Waals surface area (Å²) in [5.74, 6) is 1.15. The monoisotopic (exact) mass is 369 g/mol. The Bertz CT molecular complexity index is 680. The van der Waals surface area contributed by atoms with Gasteiger partial charge in [-0.3, -0.25) is 9.80 Å². The first-order chi connectivity index (χ1) is 11.9. The fourth-order valence-electron chi connectivity index (χ4n) is 3.67. The van der Waals surface area contributed by atoms with Crippen molar-refractivity contribution in [3.8, 4) is 0 Å². The molecule has 2 fully saturated rings. The standard InChI is InChI=1S/C16H27N5O3S/c1-19(2)16-17-8-13(9-18-16)10-21-5-4-20(6-7-24-3)14-11-25(22,23)12-15(14)21/h8-9,14-15H,4-7,10-12H2,1-3H3/t14-,15+/m1/s1. The van der Waals surface area contributed by atoms with Crippen LogP contribution in [-0.2, 0) is 21.1 Å². The Kier molecular flexibility index (Phi) is 5.57. The molecule has 8 nitrogen and oxygen atoms in total. The lowest BCUT2D eigenvalue weighted by atomic mass is 10.0. The molecule has 3 heterocycles. The van der Waals surface area contributed by atoms with Crippen LogP contribution in [0.1, 0.15) is 5.56 Å². The van der Waals surface area contributed by atoms with Gasteiger partial charge in [0.05, 0.1) is 18.1 Å². The number of ether oxygens (including phenoxy) is 1. The zero-order chi connectivity index (χ0) is 18.0. The third-order valence-electron chi connectivity index (χ3n) is 4.97. The Balaban J connectivity index is 1.72. The number of hydrogen-bond donors (Lipinski definition) is 0. The summed E-state index contributed by atoms with van der Waals surface area (Å²) >= 11 is 0. The lowest BCUT2D eigenvalue weighted by molar-refractivity contribution is 0.0252. The summed E-state index contributed by atoms with van der Waals surface area (Å²) in [7, 11) is 2.50. The van der Waals surface area contributed by atoms with E-state index in [9.17, 15) is 8.42 Å². The van der Waals surface area contributed by atoms with Gasteiger partial charge in [-0.1, -0.05) is 0 Å². The molecule has 25 heavy (non-hydrogen) atoms.